The van der Waals surface area contributed by atoms with Crippen LogP contribution in [0, 0.1) is 0 Å². The molecule has 0 aromatic heterocycles. The summed E-state index contributed by atoms with van der Waals surface area (Å²) in [7, 11) is 0. The molecule has 5 heteroatoms. The Kier molecular flexibility index (Phi) is 7.19. The molecule has 0 fully saturated rings. The molecule has 0 bridgehead atoms. The number of rotatable bonds is 4. The van der Waals surface area contributed by atoms with E-state index < -0.39 is 0 Å². The van der Waals surface area contributed by atoms with Crippen LogP contribution in [0.15, 0.2) is 0 Å². The maximum atomic E-state index is 10.8. The van der Waals surface area contributed by atoms with E-state index in [-0.39, 0.29) is 11.7 Å². The lowest BCUT2D eigenvalue weighted by Gasteiger charge is -2.03. The van der Waals surface area contributed by atoms with E-state index in [1.165, 1.54) is 11.8 Å². The Hall–Kier alpha value is -0.290. The minimum absolute atomic E-state index is 0.229. The Balaban J connectivity index is 3.40. The minimum Gasteiger partial charge on any atom is -0.479 e. The van der Waals surface area contributed by atoms with Gasteiger partial charge in [0.1, 0.15) is 0 Å². The van der Waals surface area contributed by atoms with Crippen molar-refractivity contribution in [2.45, 2.75) is 13.8 Å². The molecule has 0 saturated carbocycles. The lowest BCUT2D eigenvalue weighted by molar-refractivity contribution is -0.139. The first-order valence-electron chi connectivity index (χ1n) is 3.65. The molecule has 3 nitrogen and oxygen atoms in total. The summed E-state index contributed by atoms with van der Waals surface area (Å²) in [5, 5.41) is 0. The third-order valence-electron chi connectivity index (χ3n) is 0.875. The first kappa shape index (κ1) is 11.7. The zero-order chi connectivity index (χ0) is 9.40. The van der Waals surface area contributed by atoms with Gasteiger partial charge >= 0.3 is 5.97 Å². The molecule has 0 rings (SSSR count). The number of carbonyl (C=O) groups excluding carboxylic acids is 1. The fourth-order valence-corrected chi connectivity index (χ4v) is 1.29. The van der Waals surface area contributed by atoms with Crippen LogP contribution >= 0.6 is 24.0 Å². The molecule has 0 heterocycles. The van der Waals surface area contributed by atoms with Crippen LogP contribution in [0.25, 0.3) is 0 Å². The fraction of sp³-hybridized carbons (Fsp3) is 0.714. The van der Waals surface area contributed by atoms with E-state index in [4.69, 9.17) is 21.7 Å². The summed E-state index contributed by atoms with van der Waals surface area (Å²) in [6, 6.07) is 0. The third-order valence-corrected chi connectivity index (χ3v) is 2.08. The number of esters is 1. The van der Waals surface area contributed by atoms with Gasteiger partial charge in [-0.1, -0.05) is 11.8 Å². The quantitative estimate of drug-likeness (QED) is 0.518. The van der Waals surface area contributed by atoms with Gasteiger partial charge in [-0.2, -0.15) is 0 Å². The fourth-order valence-electron chi connectivity index (χ4n) is 0.480. The highest BCUT2D eigenvalue weighted by atomic mass is 32.2. The number of thiocarbonyl (C=S) groups is 1. The zero-order valence-electron chi connectivity index (χ0n) is 7.16. The molecule has 0 aromatic rings. The van der Waals surface area contributed by atoms with Crippen molar-refractivity contribution in [3.05, 3.63) is 0 Å². The van der Waals surface area contributed by atoms with Gasteiger partial charge in [0.2, 0.25) is 4.38 Å². The minimum atomic E-state index is -0.260. The van der Waals surface area contributed by atoms with E-state index in [1.54, 1.807) is 6.92 Å². The zero-order valence-corrected chi connectivity index (χ0v) is 8.80. The molecule has 0 aromatic carbocycles. The molecule has 0 amide bonds. The standard InChI is InChI=1S/C7H12O3S2/c1-3-9-6(8)5-12-7(11)10-4-2/h3-5H2,1-2H3. The molecule has 0 aliphatic carbocycles. The van der Waals surface area contributed by atoms with E-state index in [2.05, 4.69) is 0 Å². The smallest absolute Gasteiger partial charge is 0.316 e. The first-order valence-corrected chi connectivity index (χ1v) is 5.05. The second-order valence-corrected chi connectivity index (χ2v) is 3.35. The second kappa shape index (κ2) is 7.36. The molecule has 0 radical (unpaired) electrons. The molecule has 0 spiro atoms. The average Bonchev–Trinajstić information content (AvgIpc) is 2.02. The number of thioether (sulfide) groups is 1. The molecule has 12 heavy (non-hydrogen) atoms. The van der Waals surface area contributed by atoms with Gasteiger partial charge in [0.05, 0.1) is 19.0 Å². The van der Waals surface area contributed by atoms with Crippen molar-refractivity contribution in [1.82, 2.24) is 0 Å². The summed E-state index contributed by atoms with van der Waals surface area (Å²) in [6.07, 6.45) is 0. The van der Waals surface area contributed by atoms with Crippen LogP contribution in [0.1, 0.15) is 13.8 Å². The predicted molar refractivity (Wildman–Crippen MR) is 53.3 cm³/mol. The second-order valence-electron chi connectivity index (χ2n) is 1.78. The lowest BCUT2D eigenvalue weighted by atomic mass is 10.8. The highest BCUT2D eigenvalue weighted by Gasteiger charge is 2.04. The first-order chi connectivity index (χ1) is 5.70. The van der Waals surface area contributed by atoms with E-state index >= 15 is 0 Å². The molecular formula is C7H12O3S2. The van der Waals surface area contributed by atoms with Gasteiger partial charge in [-0.05, 0) is 26.1 Å². The van der Waals surface area contributed by atoms with Gasteiger partial charge in [0.25, 0.3) is 0 Å². The van der Waals surface area contributed by atoms with Gasteiger partial charge in [-0.15, -0.1) is 0 Å². The Labute approximate surface area is 81.8 Å². The molecule has 0 saturated heterocycles. The van der Waals surface area contributed by atoms with Crippen LogP contribution in [-0.4, -0.2) is 29.3 Å². The van der Waals surface area contributed by atoms with Gasteiger partial charge < -0.3 is 9.47 Å². The number of hydrogen-bond acceptors (Lipinski definition) is 5. The molecule has 0 unspecified atom stereocenters. The van der Waals surface area contributed by atoms with Gasteiger partial charge in [-0.25, -0.2) is 0 Å². The van der Waals surface area contributed by atoms with Crippen molar-refractivity contribution in [3.63, 3.8) is 0 Å². The van der Waals surface area contributed by atoms with Crippen LogP contribution < -0.4 is 0 Å². The summed E-state index contributed by atoms with van der Waals surface area (Å²) < 4.78 is 10.0. The molecule has 0 aliphatic heterocycles. The topological polar surface area (TPSA) is 35.5 Å². The highest BCUT2D eigenvalue weighted by Crippen LogP contribution is 2.05. The van der Waals surface area contributed by atoms with Gasteiger partial charge in [-0.3, -0.25) is 4.79 Å². The molecule has 0 atom stereocenters. The van der Waals surface area contributed by atoms with E-state index in [0.29, 0.717) is 17.6 Å². The van der Waals surface area contributed by atoms with Gasteiger partial charge in [0.15, 0.2) is 0 Å². The van der Waals surface area contributed by atoms with Crippen LogP contribution in [0.3, 0.4) is 0 Å². The number of hydrogen-bond donors (Lipinski definition) is 0. The lowest BCUT2D eigenvalue weighted by Crippen LogP contribution is -2.09. The monoisotopic (exact) mass is 208 g/mol. The molecule has 0 N–H and O–H groups in total. The maximum Gasteiger partial charge on any atom is 0.316 e. The maximum absolute atomic E-state index is 10.8. The normalized spacial score (nSPS) is 9.17. The van der Waals surface area contributed by atoms with Crippen LogP contribution in [0.4, 0.5) is 0 Å². The Morgan fingerprint density at radius 2 is 1.92 bits per heavy atom. The van der Waals surface area contributed by atoms with E-state index in [9.17, 15) is 4.79 Å². The molecule has 70 valence electrons. The van der Waals surface area contributed by atoms with Crippen molar-refractivity contribution >= 4 is 34.3 Å². The Bertz CT molecular complexity index is 141. The third kappa shape index (κ3) is 6.42. The number of carbonyl (C=O) groups is 1. The highest BCUT2D eigenvalue weighted by molar-refractivity contribution is 8.23. The van der Waals surface area contributed by atoms with Crippen LogP contribution in [0.5, 0.6) is 0 Å². The largest absolute Gasteiger partial charge is 0.479 e. The average molecular weight is 208 g/mol. The summed E-state index contributed by atoms with van der Waals surface area (Å²) in [5.74, 6) is -0.0308. The Morgan fingerprint density at radius 1 is 1.33 bits per heavy atom. The van der Waals surface area contributed by atoms with Crippen LogP contribution in [-0.2, 0) is 14.3 Å². The van der Waals surface area contributed by atoms with Crippen molar-refractivity contribution in [2.75, 3.05) is 19.0 Å². The van der Waals surface area contributed by atoms with Gasteiger partial charge in [0, 0.05) is 0 Å². The number of ether oxygens (including phenoxy) is 2. The summed E-state index contributed by atoms with van der Waals surface area (Å²) in [6.45, 7) is 4.55. The van der Waals surface area contributed by atoms with Crippen molar-refractivity contribution < 1.29 is 14.3 Å². The van der Waals surface area contributed by atoms with Crippen LogP contribution in [0.2, 0.25) is 0 Å². The summed E-state index contributed by atoms with van der Waals surface area (Å²) in [5.41, 5.74) is 0. The summed E-state index contributed by atoms with van der Waals surface area (Å²) in [4.78, 5) is 10.8. The van der Waals surface area contributed by atoms with Crippen molar-refractivity contribution in [3.8, 4) is 0 Å². The SMILES string of the molecule is CCOC(=O)CSC(=S)OCC. The molecule has 0 aliphatic rings. The van der Waals surface area contributed by atoms with E-state index in [1.807, 2.05) is 6.92 Å². The predicted octanol–water partition coefficient (Wildman–Crippen LogP) is 1.60. The van der Waals surface area contributed by atoms with E-state index in [0.717, 1.165) is 0 Å². The summed E-state index contributed by atoms with van der Waals surface area (Å²) >= 11 is 5.97. The van der Waals surface area contributed by atoms with Crippen molar-refractivity contribution in [2.24, 2.45) is 0 Å². The Morgan fingerprint density at radius 3 is 2.42 bits per heavy atom. The van der Waals surface area contributed by atoms with Crippen molar-refractivity contribution in [1.29, 1.82) is 0 Å². The molecular weight excluding hydrogens is 196 g/mol.